The normalized spacial score (nSPS) is 10.1. The first-order valence-electron chi connectivity index (χ1n) is 2.98. The molecule has 4 nitrogen and oxygen atoms in total. The first-order valence-corrected chi connectivity index (χ1v) is 2.98. The number of hydrogen-bond acceptors (Lipinski definition) is 3. The third-order valence-electron chi connectivity index (χ3n) is 1.14. The van der Waals surface area contributed by atoms with Crippen molar-refractivity contribution < 1.29 is 9.26 Å². The smallest absolute Gasteiger partial charge is 0.282 e. The lowest BCUT2D eigenvalue weighted by Crippen LogP contribution is -2.15. The highest BCUT2D eigenvalue weighted by Crippen LogP contribution is 1.81. The van der Waals surface area contributed by atoms with Crippen LogP contribution in [0.4, 0.5) is 0 Å². The highest BCUT2D eigenvalue weighted by atomic mass is 16.5. The highest BCUT2D eigenvalue weighted by Gasteiger charge is 1.94. The van der Waals surface area contributed by atoms with Crippen molar-refractivity contribution in [3.63, 3.8) is 0 Å². The molecule has 1 aromatic heterocycles. The molecule has 1 aromatic rings. The Kier molecular flexibility index (Phi) is 2.28. The molecular formula is C6H9NO3. The summed E-state index contributed by atoms with van der Waals surface area (Å²) in [5, 5.41) is 0. The Morgan fingerprint density at radius 3 is 3.10 bits per heavy atom. The molecule has 0 amide bonds. The number of methoxy groups -OCH3 is 1. The zero-order valence-electron chi connectivity index (χ0n) is 5.74. The van der Waals surface area contributed by atoms with Crippen molar-refractivity contribution in [1.29, 1.82) is 0 Å². The van der Waals surface area contributed by atoms with Gasteiger partial charge in [0.25, 0.3) is 5.56 Å². The molecule has 1 rings (SSSR count). The van der Waals surface area contributed by atoms with E-state index in [2.05, 4.69) is 0 Å². The maximum Gasteiger partial charge on any atom is 0.282 e. The van der Waals surface area contributed by atoms with Crippen LogP contribution in [0.25, 0.3) is 0 Å². The lowest BCUT2D eigenvalue weighted by Gasteiger charge is -1.95. The molecule has 0 spiro atoms. The Balaban J connectivity index is 2.57. The van der Waals surface area contributed by atoms with Gasteiger partial charge in [-0.05, 0) is 0 Å². The fourth-order valence-electron chi connectivity index (χ4n) is 0.634. The van der Waals surface area contributed by atoms with Crippen LogP contribution in [0.3, 0.4) is 0 Å². The molecule has 10 heavy (non-hydrogen) atoms. The molecule has 0 saturated heterocycles. The van der Waals surface area contributed by atoms with Crippen molar-refractivity contribution in [1.82, 2.24) is 4.74 Å². The van der Waals surface area contributed by atoms with Crippen LogP contribution in [0.2, 0.25) is 0 Å². The lowest BCUT2D eigenvalue weighted by molar-refractivity contribution is 0.146. The molecule has 56 valence electrons. The van der Waals surface area contributed by atoms with Gasteiger partial charge in [-0.15, -0.1) is 0 Å². The second kappa shape index (κ2) is 3.22. The van der Waals surface area contributed by atoms with E-state index in [4.69, 9.17) is 9.26 Å². The summed E-state index contributed by atoms with van der Waals surface area (Å²) < 4.78 is 10.8. The average Bonchev–Trinajstić information content (AvgIpc) is 2.31. The maximum atomic E-state index is 10.7. The van der Waals surface area contributed by atoms with E-state index >= 15 is 0 Å². The van der Waals surface area contributed by atoms with Gasteiger partial charge in [0.05, 0.1) is 13.2 Å². The van der Waals surface area contributed by atoms with Crippen LogP contribution in [-0.2, 0) is 11.3 Å². The molecule has 0 aromatic carbocycles. The molecular weight excluding hydrogens is 134 g/mol. The summed E-state index contributed by atoms with van der Waals surface area (Å²) in [6.45, 7) is 0.968. The molecule has 0 radical (unpaired) electrons. The molecule has 1 heterocycles. The van der Waals surface area contributed by atoms with Gasteiger partial charge in [-0.3, -0.25) is 4.79 Å². The zero-order chi connectivity index (χ0) is 7.40. The van der Waals surface area contributed by atoms with Gasteiger partial charge in [0.1, 0.15) is 6.26 Å². The standard InChI is InChI=1S/C6H9NO3/c1-9-5-3-7-6(8)2-4-10-7/h2,4H,3,5H2,1H3. The first kappa shape index (κ1) is 7.08. The van der Waals surface area contributed by atoms with Crippen LogP contribution in [0.15, 0.2) is 21.6 Å². The van der Waals surface area contributed by atoms with E-state index in [1.165, 1.54) is 17.1 Å². The predicted octanol–water partition coefficient (Wildman–Crippen LogP) is 0.0877. The van der Waals surface area contributed by atoms with Crippen LogP contribution in [0, 0.1) is 0 Å². The van der Waals surface area contributed by atoms with E-state index in [1.54, 1.807) is 7.11 Å². The van der Waals surface area contributed by atoms with Crippen molar-refractivity contribution in [2.75, 3.05) is 13.7 Å². The molecule has 0 N–H and O–H groups in total. The van der Waals surface area contributed by atoms with Crippen LogP contribution in [0.5, 0.6) is 0 Å². The fraction of sp³-hybridized carbons (Fsp3) is 0.500. The van der Waals surface area contributed by atoms with Gasteiger partial charge in [-0.25, -0.2) is 0 Å². The van der Waals surface area contributed by atoms with Crippen molar-refractivity contribution in [2.24, 2.45) is 0 Å². The van der Waals surface area contributed by atoms with E-state index in [-0.39, 0.29) is 5.56 Å². The van der Waals surface area contributed by atoms with Crippen LogP contribution in [0.1, 0.15) is 0 Å². The minimum Gasteiger partial charge on any atom is -0.384 e. The Labute approximate surface area is 58.0 Å². The van der Waals surface area contributed by atoms with Gasteiger partial charge in [0.15, 0.2) is 0 Å². The lowest BCUT2D eigenvalue weighted by atomic mass is 10.6. The van der Waals surface area contributed by atoms with E-state index in [9.17, 15) is 4.79 Å². The second-order valence-electron chi connectivity index (χ2n) is 1.84. The average molecular weight is 143 g/mol. The van der Waals surface area contributed by atoms with Gasteiger partial charge in [-0.1, -0.05) is 0 Å². The van der Waals surface area contributed by atoms with Crippen molar-refractivity contribution >= 4 is 0 Å². The second-order valence-corrected chi connectivity index (χ2v) is 1.84. The Hall–Kier alpha value is -1.03. The van der Waals surface area contributed by atoms with Gasteiger partial charge >= 0.3 is 0 Å². The summed E-state index contributed by atoms with van der Waals surface area (Å²) in [5.41, 5.74) is -0.128. The topological polar surface area (TPSA) is 44.4 Å². The number of ether oxygens (including phenoxy) is 1. The number of hydrogen-bond donors (Lipinski definition) is 0. The Morgan fingerprint density at radius 2 is 2.60 bits per heavy atom. The van der Waals surface area contributed by atoms with Gasteiger partial charge in [-0.2, -0.15) is 4.74 Å². The molecule has 0 fully saturated rings. The molecule has 0 unspecified atom stereocenters. The summed E-state index contributed by atoms with van der Waals surface area (Å²) in [6.07, 6.45) is 1.36. The monoisotopic (exact) mass is 143 g/mol. The zero-order valence-corrected chi connectivity index (χ0v) is 5.74. The van der Waals surface area contributed by atoms with E-state index in [1.807, 2.05) is 0 Å². The highest BCUT2D eigenvalue weighted by molar-refractivity contribution is 4.75. The number of nitrogens with zero attached hydrogens (tertiary/aromatic N) is 1. The van der Waals surface area contributed by atoms with Gasteiger partial charge in [0.2, 0.25) is 0 Å². The Morgan fingerprint density at radius 1 is 1.80 bits per heavy atom. The molecule has 0 aliphatic carbocycles. The van der Waals surface area contributed by atoms with Crippen LogP contribution >= 0.6 is 0 Å². The molecule has 0 bridgehead atoms. The van der Waals surface area contributed by atoms with Crippen molar-refractivity contribution in [2.45, 2.75) is 6.54 Å². The minimum absolute atomic E-state index is 0.128. The molecule has 0 saturated carbocycles. The van der Waals surface area contributed by atoms with Gasteiger partial charge < -0.3 is 9.26 Å². The molecule has 4 heteroatoms. The summed E-state index contributed by atoms with van der Waals surface area (Å²) in [7, 11) is 1.58. The Bertz CT molecular complexity index is 237. The molecule has 0 aliphatic heterocycles. The van der Waals surface area contributed by atoms with Crippen molar-refractivity contribution in [3.8, 4) is 0 Å². The first-order chi connectivity index (χ1) is 4.84. The largest absolute Gasteiger partial charge is 0.384 e. The van der Waals surface area contributed by atoms with Gasteiger partial charge in [0, 0.05) is 13.2 Å². The predicted molar refractivity (Wildman–Crippen MR) is 34.8 cm³/mol. The quantitative estimate of drug-likeness (QED) is 0.602. The third kappa shape index (κ3) is 1.48. The maximum absolute atomic E-state index is 10.7. The van der Waals surface area contributed by atoms with E-state index in [0.717, 1.165) is 0 Å². The van der Waals surface area contributed by atoms with E-state index < -0.39 is 0 Å². The molecule has 0 atom stereocenters. The van der Waals surface area contributed by atoms with Crippen LogP contribution < -0.4 is 5.56 Å². The SMILES string of the molecule is COCCn1occc1=O. The summed E-state index contributed by atoms with van der Waals surface area (Å²) in [6, 6.07) is 1.37. The van der Waals surface area contributed by atoms with Crippen LogP contribution in [-0.4, -0.2) is 18.5 Å². The number of rotatable bonds is 3. The number of aromatic nitrogens is 1. The summed E-state index contributed by atoms with van der Waals surface area (Å²) in [5.74, 6) is 0. The fourth-order valence-corrected chi connectivity index (χ4v) is 0.634. The minimum atomic E-state index is -0.128. The van der Waals surface area contributed by atoms with E-state index in [0.29, 0.717) is 13.2 Å². The summed E-state index contributed by atoms with van der Waals surface area (Å²) in [4.78, 5) is 10.7. The molecule has 0 aliphatic rings. The van der Waals surface area contributed by atoms with Crippen molar-refractivity contribution in [3.05, 3.63) is 22.7 Å². The third-order valence-corrected chi connectivity index (χ3v) is 1.14. The summed E-state index contributed by atoms with van der Waals surface area (Å²) >= 11 is 0.